The molecule has 0 fully saturated rings. The summed E-state index contributed by atoms with van der Waals surface area (Å²) >= 11 is 0. The Morgan fingerprint density at radius 2 is 2.29 bits per heavy atom. The van der Waals surface area contributed by atoms with Gasteiger partial charge in [-0.3, -0.25) is 4.79 Å². The molecule has 1 heterocycles. The number of rotatable bonds is 6. The summed E-state index contributed by atoms with van der Waals surface area (Å²) in [5.74, 6) is -0.0628. The molecule has 5 nitrogen and oxygen atoms in total. The Hall–Kier alpha value is -1.62. The Labute approximate surface area is 102 Å². The molecule has 5 heteroatoms. The van der Waals surface area contributed by atoms with Crippen LogP contribution in [0.1, 0.15) is 17.4 Å². The third-order valence-corrected chi connectivity index (χ3v) is 2.51. The van der Waals surface area contributed by atoms with Gasteiger partial charge in [0.25, 0.3) is 5.91 Å². The first-order valence-corrected chi connectivity index (χ1v) is 5.65. The fourth-order valence-corrected chi connectivity index (χ4v) is 1.44. The molecule has 94 valence electrons. The summed E-state index contributed by atoms with van der Waals surface area (Å²) in [6.45, 7) is 3.71. The molecule has 0 saturated heterocycles. The van der Waals surface area contributed by atoms with Crippen molar-refractivity contribution in [3.05, 3.63) is 24.0 Å². The Kier molecular flexibility index (Phi) is 5.42. The van der Waals surface area contributed by atoms with E-state index in [9.17, 15) is 4.79 Å². The van der Waals surface area contributed by atoms with Crippen LogP contribution in [-0.4, -0.2) is 49.6 Å². The minimum atomic E-state index is -0.0628. The number of likely N-dealkylation sites (N-methyl/N-ethyl adjacent to an activating group) is 1. The molecule has 1 rings (SSSR count). The molecule has 0 aliphatic heterocycles. The molecule has 0 saturated carbocycles. The van der Waals surface area contributed by atoms with Crippen LogP contribution in [0.2, 0.25) is 0 Å². The monoisotopic (exact) mass is 237 g/mol. The van der Waals surface area contributed by atoms with Gasteiger partial charge >= 0.3 is 0 Å². The minimum absolute atomic E-state index is 0.0628. The van der Waals surface area contributed by atoms with Crippen molar-refractivity contribution < 1.29 is 9.53 Å². The maximum atomic E-state index is 12.1. The fourth-order valence-electron chi connectivity index (χ4n) is 1.44. The highest BCUT2D eigenvalue weighted by atomic mass is 16.5. The van der Waals surface area contributed by atoms with Crippen LogP contribution in [0, 0.1) is 0 Å². The molecule has 1 N–H and O–H groups in total. The largest absolute Gasteiger partial charge is 0.387 e. The average molecular weight is 237 g/mol. The van der Waals surface area contributed by atoms with Gasteiger partial charge in [-0.2, -0.15) is 0 Å². The molecule has 0 aliphatic carbocycles. The summed E-state index contributed by atoms with van der Waals surface area (Å²) in [4.78, 5) is 17.9. The highest BCUT2D eigenvalue weighted by Crippen LogP contribution is 2.07. The molecule has 1 amide bonds. The zero-order valence-electron chi connectivity index (χ0n) is 10.6. The van der Waals surface area contributed by atoms with Crippen molar-refractivity contribution in [3.8, 4) is 0 Å². The van der Waals surface area contributed by atoms with E-state index in [0.29, 0.717) is 25.4 Å². The van der Waals surface area contributed by atoms with Crippen LogP contribution in [-0.2, 0) is 4.74 Å². The molecule has 0 radical (unpaired) electrons. The first-order valence-electron chi connectivity index (χ1n) is 5.65. The van der Waals surface area contributed by atoms with Gasteiger partial charge in [-0.25, -0.2) is 4.98 Å². The zero-order chi connectivity index (χ0) is 12.7. The Morgan fingerprint density at radius 3 is 2.76 bits per heavy atom. The van der Waals surface area contributed by atoms with Crippen molar-refractivity contribution in [1.82, 2.24) is 9.88 Å². The van der Waals surface area contributed by atoms with E-state index in [1.54, 1.807) is 24.3 Å². The lowest BCUT2D eigenvalue weighted by atomic mass is 10.3. The van der Waals surface area contributed by atoms with Gasteiger partial charge in [0.15, 0.2) is 0 Å². The van der Waals surface area contributed by atoms with Gasteiger partial charge in [-0.1, -0.05) is 0 Å². The van der Waals surface area contributed by atoms with Gasteiger partial charge in [-0.15, -0.1) is 0 Å². The van der Waals surface area contributed by atoms with Crippen molar-refractivity contribution >= 4 is 11.6 Å². The first kappa shape index (κ1) is 13.4. The number of carbonyl (C=O) groups excluding carboxylic acids is 1. The Bertz CT molecular complexity index is 351. The van der Waals surface area contributed by atoms with Crippen LogP contribution < -0.4 is 5.32 Å². The lowest BCUT2D eigenvalue weighted by Crippen LogP contribution is -2.34. The summed E-state index contributed by atoms with van der Waals surface area (Å²) in [5.41, 5.74) is 1.35. The molecule has 0 atom stereocenters. The van der Waals surface area contributed by atoms with Crippen LogP contribution in [0.5, 0.6) is 0 Å². The predicted octanol–water partition coefficient (Wildman–Crippen LogP) is 1.23. The number of hydrogen-bond donors (Lipinski definition) is 1. The standard InChI is InChI=1S/C12H19N3O2/c1-4-15(7-8-17-3)12(16)11-6-5-10(13-2)9-14-11/h5-6,9,13H,4,7-8H2,1-3H3. The van der Waals surface area contributed by atoms with E-state index in [1.165, 1.54) is 0 Å². The van der Waals surface area contributed by atoms with Crippen molar-refractivity contribution in [3.63, 3.8) is 0 Å². The quantitative estimate of drug-likeness (QED) is 0.808. The van der Waals surface area contributed by atoms with Crippen LogP contribution in [0.15, 0.2) is 18.3 Å². The van der Waals surface area contributed by atoms with E-state index in [0.717, 1.165) is 5.69 Å². The molecule has 0 bridgehead atoms. The molecular weight excluding hydrogens is 218 g/mol. The molecule has 17 heavy (non-hydrogen) atoms. The molecule has 0 aliphatic rings. The SMILES string of the molecule is CCN(CCOC)C(=O)c1ccc(NC)cn1. The maximum absolute atomic E-state index is 12.1. The van der Waals surface area contributed by atoms with Crippen molar-refractivity contribution in [2.45, 2.75) is 6.92 Å². The number of amides is 1. The van der Waals surface area contributed by atoms with Crippen molar-refractivity contribution in [2.75, 3.05) is 39.2 Å². The maximum Gasteiger partial charge on any atom is 0.272 e. The zero-order valence-corrected chi connectivity index (χ0v) is 10.6. The number of hydrogen-bond acceptors (Lipinski definition) is 4. The third kappa shape index (κ3) is 3.71. The van der Waals surface area contributed by atoms with E-state index >= 15 is 0 Å². The number of methoxy groups -OCH3 is 1. The Balaban J connectivity index is 2.71. The average Bonchev–Trinajstić information content (AvgIpc) is 2.39. The van der Waals surface area contributed by atoms with E-state index in [4.69, 9.17) is 4.74 Å². The van der Waals surface area contributed by atoms with Gasteiger partial charge in [0, 0.05) is 27.2 Å². The van der Waals surface area contributed by atoms with Crippen molar-refractivity contribution in [1.29, 1.82) is 0 Å². The van der Waals surface area contributed by atoms with E-state index < -0.39 is 0 Å². The summed E-state index contributed by atoms with van der Waals surface area (Å²) in [7, 11) is 3.44. The summed E-state index contributed by atoms with van der Waals surface area (Å²) in [6, 6.07) is 3.56. The normalized spacial score (nSPS) is 10.1. The van der Waals surface area contributed by atoms with E-state index in [-0.39, 0.29) is 5.91 Å². The van der Waals surface area contributed by atoms with Gasteiger partial charge in [0.05, 0.1) is 18.5 Å². The van der Waals surface area contributed by atoms with Crippen molar-refractivity contribution in [2.24, 2.45) is 0 Å². The van der Waals surface area contributed by atoms with Crippen LogP contribution >= 0.6 is 0 Å². The lowest BCUT2D eigenvalue weighted by molar-refractivity contribution is 0.0701. The third-order valence-electron chi connectivity index (χ3n) is 2.51. The number of aromatic nitrogens is 1. The second-order valence-electron chi connectivity index (χ2n) is 3.56. The molecule has 0 aromatic carbocycles. The molecule has 0 unspecified atom stereocenters. The number of ether oxygens (including phenoxy) is 1. The predicted molar refractivity (Wildman–Crippen MR) is 67.2 cm³/mol. The second-order valence-corrected chi connectivity index (χ2v) is 3.56. The summed E-state index contributed by atoms with van der Waals surface area (Å²) in [6.07, 6.45) is 1.65. The highest BCUT2D eigenvalue weighted by molar-refractivity contribution is 5.92. The van der Waals surface area contributed by atoms with Crippen LogP contribution in [0.4, 0.5) is 5.69 Å². The number of nitrogens with one attached hydrogen (secondary N) is 1. The lowest BCUT2D eigenvalue weighted by Gasteiger charge is -2.19. The number of nitrogens with zero attached hydrogens (tertiary/aromatic N) is 2. The van der Waals surface area contributed by atoms with Gasteiger partial charge in [0.1, 0.15) is 5.69 Å². The molecule has 1 aromatic heterocycles. The van der Waals surface area contributed by atoms with Gasteiger partial charge in [-0.05, 0) is 19.1 Å². The smallest absolute Gasteiger partial charge is 0.272 e. The van der Waals surface area contributed by atoms with E-state index in [1.807, 2.05) is 20.0 Å². The Morgan fingerprint density at radius 1 is 1.53 bits per heavy atom. The first-order chi connectivity index (χ1) is 8.22. The van der Waals surface area contributed by atoms with Crippen LogP contribution in [0.3, 0.4) is 0 Å². The number of pyridine rings is 1. The highest BCUT2D eigenvalue weighted by Gasteiger charge is 2.14. The van der Waals surface area contributed by atoms with Gasteiger partial charge in [0.2, 0.25) is 0 Å². The van der Waals surface area contributed by atoms with Gasteiger partial charge < -0.3 is 15.0 Å². The molecule has 0 spiro atoms. The molecular formula is C12H19N3O2. The topological polar surface area (TPSA) is 54.5 Å². The minimum Gasteiger partial charge on any atom is -0.387 e. The summed E-state index contributed by atoms with van der Waals surface area (Å²) in [5, 5.41) is 2.96. The fraction of sp³-hybridized carbons (Fsp3) is 0.500. The summed E-state index contributed by atoms with van der Waals surface area (Å²) < 4.78 is 4.97. The number of carbonyl (C=O) groups is 1. The second kappa shape index (κ2) is 6.85. The number of anilines is 1. The van der Waals surface area contributed by atoms with Crippen LogP contribution in [0.25, 0.3) is 0 Å². The molecule has 1 aromatic rings. The van der Waals surface area contributed by atoms with E-state index in [2.05, 4.69) is 10.3 Å².